The minimum atomic E-state index is -0.244. The molecule has 9 heavy (non-hydrogen) atoms. The zero-order chi connectivity index (χ0) is 6.95. The molecule has 0 heterocycles. The monoisotopic (exact) mass is 133 g/mol. The van der Waals surface area contributed by atoms with Gasteiger partial charge in [-0.2, -0.15) is 0 Å². The number of rotatable bonds is 6. The van der Waals surface area contributed by atoms with Crippen molar-refractivity contribution in [1.29, 1.82) is 0 Å². The fourth-order valence-electron chi connectivity index (χ4n) is 0.692. The van der Waals surface area contributed by atoms with Crippen molar-refractivity contribution in [1.82, 2.24) is 5.32 Å². The summed E-state index contributed by atoms with van der Waals surface area (Å²) in [6, 6.07) is 0. The van der Waals surface area contributed by atoms with Gasteiger partial charge in [0, 0.05) is 6.54 Å². The molecule has 0 fully saturated rings. The normalized spacial score (nSPS) is 10.0. The number of hydrogen-bond donors (Lipinski definition) is 1. The van der Waals surface area contributed by atoms with Crippen molar-refractivity contribution < 1.29 is 4.39 Å². The van der Waals surface area contributed by atoms with Crippen LogP contribution in [0.15, 0.2) is 0 Å². The fraction of sp³-hybridized carbons (Fsp3) is 1.00. The van der Waals surface area contributed by atoms with Crippen LogP contribution in [0.3, 0.4) is 0 Å². The van der Waals surface area contributed by atoms with Gasteiger partial charge in [0.15, 0.2) is 0 Å². The van der Waals surface area contributed by atoms with E-state index >= 15 is 0 Å². The second-order valence-corrected chi connectivity index (χ2v) is 2.15. The van der Waals surface area contributed by atoms with Gasteiger partial charge in [-0.05, 0) is 13.0 Å². The van der Waals surface area contributed by atoms with Crippen molar-refractivity contribution in [2.75, 3.05) is 19.8 Å². The third-order valence-electron chi connectivity index (χ3n) is 1.23. The van der Waals surface area contributed by atoms with Gasteiger partial charge in [0.2, 0.25) is 0 Å². The molecule has 1 nitrogen and oxygen atoms in total. The first-order valence-electron chi connectivity index (χ1n) is 3.68. The van der Waals surface area contributed by atoms with E-state index in [0.29, 0.717) is 6.54 Å². The summed E-state index contributed by atoms with van der Waals surface area (Å²) in [6.45, 7) is 3.41. The highest BCUT2D eigenvalue weighted by Crippen LogP contribution is 1.90. The quantitative estimate of drug-likeness (QED) is 0.544. The first kappa shape index (κ1) is 8.89. The summed E-state index contributed by atoms with van der Waals surface area (Å²) >= 11 is 0. The van der Waals surface area contributed by atoms with Gasteiger partial charge in [0.25, 0.3) is 0 Å². The molecule has 0 saturated carbocycles. The highest BCUT2D eigenvalue weighted by Gasteiger charge is 1.84. The van der Waals surface area contributed by atoms with E-state index in [0.717, 1.165) is 6.54 Å². The molecule has 0 aliphatic heterocycles. The molecule has 1 N–H and O–H groups in total. The van der Waals surface area contributed by atoms with Gasteiger partial charge in [-0.1, -0.05) is 19.8 Å². The molecule has 0 aromatic heterocycles. The lowest BCUT2D eigenvalue weighted by Gasteiger charge is -1.98. The van der Waals surface area contributed by atoms with Crippen LogP contribution in [0.4, 0.5) is 4.39 Å². The molecule has 0 atom stereocenters. The minimum absolute atomic E-state index is 0.244. The number of unbranched alkanes of at least 4 members (excludes halogenated alkanes) is 2. The Morgan fingerprint density at radius 3 is 2.56 bits per heavy atom. The third kappa shape index (κ3) is 7.89. The summed E-state index contributed by atoms with van der Waals surface area (Å²) in [5, 5.41) is 2.99. The van der Waals surface area contributed by atoms with E-state index in [1.165, 1.54) is 19.3 Å². The molecule has 0 spiro atoms. The zero-order valence-corrected chi connectivity index (χ0v) is 6.12. The van der Waals surface area contributed by atoms with Gasteiger partial charge < -0.3 is 5.32 Å². The lowest BCUT2D eigenvalue weighted by molar-refractivity contribution is 0.463. The van der Waals surface area contributed by atoms with E-state index in [2.05, 4.69) is 12.2 Å². The summed E-state index contributed by atoms with van der Waals surface area (Å²) in [7, 11) is 0. The molecule has 0 unspecified atom stereocenters. The largest absolute Gasteiger partial charge is 0.314 e. The maximum Gasteiger partial charge on any atom is 0.102 e. The number of alkyl halides is 1. The molecule has 0 amide bonds. The lowest BCUT2D eigenvalue weighted by Crippen LogP contribution is -2.17. The van der Waals surface area contributed by atoms with Crippen LogP contribution in [-0.4, -0.2) is 19.8 Å². The van der Waals surface area contributed by atoms with E-state index in [1.54, 1.807) is 0 Å². The van der Waals surface area contributed by atoms with Crippen LogP contribution < -0.4 is 5.32 Å². The number of hydrogen-bond acceptors (Lipinski definition) is 1. The Morgan fingerprint density at radius 2 is 2.00 bits per heavy atom. The summed E-state index contributed by atoms with van der Waals surface area (Å²) < 4.78 is 11.4. The molecule has 0 aliphatic carbocycles. The van der Waals surface area contributed by atoms with Crippen LogP contribution in [-0.2, 0) is 0 Å². The van der Waals surface area contributed by atoms with Gasteiger partial charge in [-0.25, -0.2) is 4.39 Å². The van der Waals surface area contributed by atoms with E-state index in [1.807, 2.05) is 0 Å². The molecular weight excluding hydrogens is 117 g/mol. The average Bonchev–Trinajstić information content (AvgIpc) is 1.89. The second kappa shape index (κ2) is 7.89. The molecule has 0 saturated heterocycles. The van der Waals surface area contributed by atoms with Crippen molar-refractivity contribution in [3.05, 3.63) is 0 Å². The van der Waals surface area contributed by atoms with Crippen LogP contribution in [0.1, 0.15) is 26.2 Å². The molecule has 2 heteroatoms. The highest BCUT2D eigenvalue weighted by molar-refractivity contribution is 4.45. The zero-order valence-electron chi connectivity index (χ0n) is 6.12. The fourth-order valence-corrected chi connectivity index (χ4v) is 0.692. The first-order valence-corrected chi connectivity index (χ1v) is 3.68. The molecule has 0 radical (unpaired) electrons. The predicted octanol–water partition coefficient (Wildman–Crippen LogP) is 1.74. The predicted molar refractivity (Wildman–Crippen MR) is 38.4 cm³/mol. The van der Waals surface area contributed by atoms with Crippen LogP contribution >= 0.6 is 0 Å². The molecule has 0 bridgehead atoms. The molecule has 0 aromatic carbocycles. The van der Waals surface area contributed by atoms with Crippen molar-refractivity contribution in [3.63, 3.8) is 0 Å². The average molecular weight is 133 g/mol. The molecule has 56 valence electrons. The molecular formula is C7H16FN. The van der Waals surface area contributed by atoms with Crippen molar-refractivity contribution >= 4 is 0 Å². The van der Waals surface area contributed by atoms with Crippen LogP contribution in [0.5, 0.6) is 0 Å². The number of halogens is 1. The summed E-state index contributed by atoms with van der Waals surface area (Å²) in [4.78, 5) is 0. The molecule has 0 aromatic rings. The Balaban J connectivity index is 2.60. The van der Waals surface area contributed by atoms with Crippen LogP contribution in [0.2, 0.25) is 0 Å². The Morgan fingerprint density at radius 1 is 1.22 bits per heavy atom. The van der Waals surface area contributed by atoms with E-state index in [9.17, 15) is 4.39 Å². The topological polar surface area (TPSA) is 12.0 Å². The SMILES string of the molecule is CCCCCNCCF. The summed E-state index contributed by atoms with van der Waals surface area (Å²) in [6.07, 6.45) is 3.66. The smallest absolute Gasteiger partial charge is 0.102 e. The van der Waals surface area contributed by atoms with E-state index < -0.39 is 0 Å². The van der Waals surface area contributed by atoms with Gasteiger partial charge in [-0.15, -0.1) is 0 Å². The Labute approximate surface area is 56.6 Å². The third-order valence-corrected chi connectivity index (χ3v) is 1.23. The number of nitrogens with one attached hydrogen (secondary N) is 1. The lowest BCUT2D eigenvalue weighted by atomic mass is 10.2. The van der Waals surface area contributed by atoms with Gasteiger partial charge in [-0.3, -0.25) is 0 Å². The first-order chi connectivity index (χ1) is 4.41. The van der Waals surface area contributed by atoms with Crippen molar-refractivity contribution in [2.45, 2.75) is 26.2 Å². The summed E-state index contributed by atoms with van der Waals surface area (Å²) in [5.74, 6) is 0. The van der Waals surface area contributed by atoms with Gasteiger partial charge >= 0.3 is 0 Å². The second-order valence-electron chi connectivity index (χ2n) is 2.15. The Bertz CT molecular complexity index is 42.2. The van der Waals surface area contributed by atoms with Gasteiger partial charge in [0.05, 0.1) is 0 Å². The maximum atomic E-state index is 11.4. The molecule has 0 rings (SSSR count). The van der Waals surface area contributed by atoms with E-state index in [4.69, 9.17) is 0 Å². The Kier molecular flexibility index (Phi) is 7.79. The van der Waals surface area contributed by atoms with Crippen molar-refractivity contribution in [2.24, 2.45) is 0 Å². The molecule has 0 aliphatic rings. The minimum Gasteiger partial charge on any atom is -0.314 e. The van der Waals surface area contributed by atoms with E-state index in [-0.39, 0.29) is 6.67 Å². The standard InChI is InChI=1S/C7H16FN/c1-2-3-4-6-9-7-5-8/h9H,2-7H2,1H3. The summed E-state index contributed by atoms with van der Waals surface area (Å²) in [5.41, 5.74) is 0. The Hall–Kier alpha value is -0.110. The van der Waals surface area contributed by atoms with Gasteiger partial charge in [0.1, 0.15) is 6.67 Å². The van der Waals surface area contributed by atoms with Crippen LogP contribution in [0, 0.1) is 0 Å². The highest BCUT2D eigenvalue weighted by atomic mass is 19.1. The maximum absolute atomic E-state index is 11.4. The van der Waals surface area contributed by atoms with Crippen molar-refractivity contribution in [3.8, 4) is 0 Å². The van der Waals surface area contributed by atoms with Crippen LogP contribution in [0.25, 0.3) is 0 Å².